The van der Waals surface area contributed by atoms with Gasteiger partial charge in [-0.25, -0.2) is 9.48 Å². The van der Waals surface area contributed by atoms with Gasteiger partial charge in [-0.1, -0.05) is 11.8 Å². The third kappa shape index (κ3) is 4.94. The summed E-state index contributed by atoms with van der Waals surface area (Å²) >= 11 is 1.12. The molecule has 0 aliphatic heterocycles. The maximum atomic E-state index is 11.8. The fourth-order valence-electron chi connectivity index (χ4n) is 1.87. The zero-order valence-electron chi connectivity index (χ0n) is 12.9. The summed E-state index contributed by atoms with van der Waals surface area (Å²) in [4.78, 5) is 23.5. The van der Waals surface area contributed by atoms with Crippen LogP contribution < -0.4 is 10.6 Å². The summed E-state index contributed by atoms with van der Waals surface area (Å²) in [6.07, 6.45) is 3.06. The van der Waals surface area contributed by atoms with Crippen LogP contribution in [0.15, 0.2) is 50.8 Å². The lowest BCUT2D eigenvalue weighted by molar-refractivity contribution is -0.117. The molecule has 3 amide bonds. The van der Waals surface area contributed by atoms with Gasteiger partial charge in [0.05, 0.1) is 24.8 Å². The van der Waals surface area contributed by atoms with Crippen molar-refractivity contribution in [1.29, 1.82) is 0 Å². The Balaban J connectivity index is 1.43. The van der Waals surface area contributed by atoms with Gasteiger partial charge in [0, 0.05) is 0 Å². The molecule has 0 saturated heterocycles. The van der Waals surface area contributed by atoms with Crippen LogP contribution in [0.4, 0.5) is 4.79 Å². The number of rotatable bonds is 7. The van der Waals surface area contributed by atoms with Crippen molar-refractivity contribution in [2.75, 3.05) is 5.75 Å². The Morgan fingerprint density at radius 1 is 1.16 bits per heavy atom. The summed E-state index contributed by atoms with van der Waals surface area (Å²) in [5.41, 5.74) is 0. The van der Waals surface area contributed by atoms with Gasteiger partial charge in [0.15, 0.2) is 0 Å². The number of carbonyl (C=O) groups excluding carboxylic acids is 2. The molecule has 3 aromatic heterocycles. The number of thioether (sulfide) groups is 1. The number of hydrogen-bond acceptors (Lipinski definition) is 8. The number of urea groups is 1. The van der Waals surface area contributed by atoms with E-state index in [-0.39, 0.29) is 12.3 Å². The molecule has 0 saturated carbocycles. The second-order valence-electron chi connectivity index (χ2n) is 4.80. The Bertz CT molecular complexity index is 814. The van der Waals surface area contributed by atoms with Crippen LogP contribution in [0.1, 0.15) is 11.5 Å². The fourth-order valence-corrected chi connectivity index (χ4v) is 2.54. The average Bonchev–Trinajstić information content (AvgIpc) is 3.35. The van der Waals surface area contributed by atoms with Gasteiger partial charge in [-0.3, -0.25) is 10.1 Å². The molecule has 0 spiro atoms. The lowest BCUT2D eigenvalue weighted by Crippen LogP contribution is -2.39. The standard InChI is InChI=1S/C14H14N6O4S/c21-12(16-13(22)15-7-10-3-1-5-23-10)9-25-14-17-18-19-20(14)8-11-4-2-6-24-11/h1-6H,7-9H2,(H2,15,16,21,22). The Morgan fingerprint density at radius 3 is 2.64 bits per heavy atom. The average molecular weight is 362 g/mol. The molecular weight excluding hydrogens is 348 g/mol. The Hall–Kier alpha value is -3.08. The largest absolute Gasteiger partial charge is 0.467 e. The molecule has 3 rings (SSSR count). The minimum Gasteiger partial charge on any atom is -0.467 e. The second-order valence-corrected chi connectivity index (χ2v) is 5.74. The van der Waals surface area contributed by atoms with Gasteiger partial charge in [0.2, 0.25) is 11.1 Å². The van der Waals surface area contributed by atoms with E-state index >= 15 is 0 Å². The summed E-state index contributed by atoms with van der Waals surface area (Å²) in [7, 11) is 0. The number of imide groups is 1. The fraction of sp³-hybridized carbons (Fsp3) is 0.214. The van der Waals surface area contributed by atoms with Gasteiger partial charge in [-0.05, 0) is 34.7 Å². The zero-order chi connectivity index (χ0) is 17.5. The molecular formula is C14H14N6O4S. The number of aromatic nitrogens is 4. The number of nitrogens with one attached hydrogen (secondary N) is 2. The summed E-state index contributed by atoms with van der Waals surface area (Å²) in [5.74, 6) is 0.812. The monoisotopic (exact) mass is 362 g/mol. The molecule has 130 valence electrons. The van der Waals surface area contributed by atoms with E-state index < -0.39 is 11.9 Å². The van der Waals surface area contributed by atoms with Crippen LogP contribution in [0, 0.1) is 0 Å². The molecule has 0 aliphatic rings. The van der Waals surface area contributed by atoms with Gasteiger partial charge in [-0.15, -0.1) is 5.10 Å². The third-order valence-corrected chi connectivity index (χ3v) is 3.93. The van der Waals surface area contributed by atoms with Gasteiger partial charge >= 0.3 is 6.03 Å². The van der Waals surface area contributed by atoms with Gasteiger partial charge in [0.25, 0.3) is 0 Å². The highest BCUT2D eigenvalue weighted by Crippen LogP contribution is 2.14. The summed E-state index contributed by atoms with van der Waals surface area (Å²) < 4.78 is 11.8. The Kier molecular flexibility index (Phi) is 5.46. The highest BCUT2D eigenvalue weighted by molar-refractivity contribution is 7.99. The minimum atomic E-state index is -0.600. The highest BCUT2D eigenvalue weighted by atomic mass is 32.2. The summed E-state index contributed by atoms with van der Waals surface area (Å²) in [6.45, 7) is 0.550. The van der Waals surface area contributed by atoms with Crippen LogP contribution in [0.3, 0.4) is 0 Å². The number of amides is 3. The molecule has 3 aromatic rings. The molecule has 0 aromatic carbocycles. The van der Waals surface area contributed by atoms with Crippen molar-refractivity contribution in [2.45, 2.75) is 18.2 Å². The molecule has 25 heavy (non-hydrogen) atoms. The second kappa shape index (κ2) is 8.15. The molecule has 11 heteroatoms. The van der Waals surface area contributed by atoms with Crippen molar-refractivity contribution < 1.29 is 18.4 Å². The van der Waals surface area contributed by atoms with Crippen LogP contribution in [0.25, 0.3) is 0 Å². The Morgan fingerprint density at radius 2 is 1.92 bits per heavy atom. The van der Waals surface area contributed by atoms with Crippen molar-refractivity contribution in [3.8, 4) is 0 Å². The van der Waals surface area contributed by atoms with E-state index in [2.05, 4.69) is 26.2 Å². The first-order chi connectivity index (χ1) is 12.2. The molecule has 0 unspecified atom stereocenters. The minimum absolute atomic E-state index is 0.00724. The Labute approximate surface area is 145 Å². The molecule has 0 bridgehead atoms. The predicted molar refractivity (Wildman–Crippen MR) is 85.4 cm³/mol. The molecule has 0 radical (unpaired) electrons. The van der Waals surface area contributed by atoms with E-state index in [1.165, 1.54) is 10.9 Å². The van der Waals surface area contributed by atoms with Gasteiger partial charge < -0.3 is 14.2 Å². The zero-order valence-corrected chi connectivity index (χ0v) is 13.7. The number of nitrogens with zero attached hydrogens (tertiary/aromatic N) is 4. The first kappa shape index (κ1) is 16.8. The van der Waals surface area contributed by atoms with E-state index in [9.17, 15) is 9.59 Å². The number of furan rings is 2. The molecule has 0 atom stereocenters. The van der Waals surface area contributed by atoms with Crippen molar-refractivity contribution in [3.63, 3.8) is 0 Å². The van der Waals surface area contributed by atoms with E-state index in [1.54, 1.807) is 30.5 Å². The SMILES string of the molecule is O=C(CSc1nnnn1Cc1ccco1)NC(=O)NCc1ccco1. The summed E-state index contributed by atoms with van der Waals surface area (Å²) in [5, 5.41) is 16.5. The smallest absolute Gasteiger partial charge is 0.321 e. The molecule has 2 N–H and O–H groups in total. The van der Waals surface area contributed by atoms with E-state index in [0.717, 1.165) is 11.8 Å². The van der Waals surface area contributed by atoms with Crippen molar-refractivity contribution >= 4 is 23.7 Å². The van der Waals surface area contributed by atoms with Crippen LogP contribution in [-0.4, -0.2) is 37.9 Å². The van der Waals surface area contributed by atoms with Crippen LogP contribution in [-0.2, 0) is 17.9 Å². The van der Waals surface area contributed by atoms with Crippen molar-refractivity contribution in [3.05, 3.63) is 48.3 Å². The normalized spacial score (nSPS) is 10.6. The van der Waals surface area contributed by atoms with Crippen molar-refractivity contribution in [1.82, 2.24) is 30.8 Å². The van der Waals surface area contributed by atoms with Crippen LogP contribution in [0.5, 0.6) is 0 Å². The first-order valence-electron chi connectivity index (χ1n) is 7.22. The molecule has 3 heterocycles. The lowest BCUT2D eigenvalue weighted by atomic mass is 10.4. The molecule has 10 nitrogen and oxygen atoms in total. The molecule has 0 aliphatic carbocycles. The maximum Gasteiger partial charge on any atom is 0.321 e. The van der Waals surface area contributed by atoms with Crippen LogP contribution in [0.2, 0.25) is 0 Å². The van der Waals surface area contributed by atoms with Crippen LogP contribution >= 0.6 is 11.8 Å². The maximum absolute atomic E-state index is 11.8. The third-order valence-electron chi connectivity index (χ3n) is 2.97. The number of tetrazole rings is 1. The predicted octanol–water partition coefficient (Wildman–Crippen LogP) is 1.03. The molecule has 0 fully saturated rings. The van der Waals surface area contributed by atoms with E-state index in [4.69, 9.17) is 8.83 Å². The lowest BCUT2D eigenvalue weighted by Gasteiger charge is -2.05. The first-order valence-corrected chi connectivity index (χ1v) is 8.20. The highest BCUT2D eigenvalue weighted by Gasteiger charge is 2.13. The topological polar surface area (TPSA) is 128 Å². The van der Waals surface area contributed by atoms with Crippen molar-refractivity contribution in [2.24, 2.45) is 0 Å². The summed E-state index contributed by atoms with van der Waals surface area (Å²) in [6, 6.07) is 6.39. The van der Waals surface area contributed by atoms with E-state index in [0.29, 0.717) is 23.2 Å². The van der Waals surface area contributed by atoms with Gasteiger partial charge in [-0.2, -0.15) is 0 Å². The van der Waals surface area contributed by atoms with E-state index in [1.807, 2.05) is 0 Å². The number of carbonyl (C=O) groups is 2. The van der Waals surface area contributed by atoms with Gasteiger partial charge in [0.1, 0.15) is 18.1 Å². The number of hydrogen-bond donors (Lipinski definition) is 2. The quantitative estimate of drug-likeness (QED) is 0.596.